The molecule has 0 spiro atoms. The van der Waals surface area contributed by atoms with Gasteiger partial charge in [0.15, 0.2) is 6.10 Å². The first-order valence-electron chi connectivity index (χ1n) is 5.27. The molecule has 1 rings (SSSR count). The van der Waals surface area contributed by atoms with Gasteiger partial charge in [-0.25, -0.2) is 0 Å². The van der Waals surface area contributed by atoms with E-state index in [0.717, 1.165) is 5.75 Å². The summed E-state index contributed by atoms with van der Waals surface area (Å²) in [6, 6.07) is 9.39. The molecule has 15 heavy (non-hydrogen) atoms. The minimum absolute atomic E-state index is 0.0520. The molecule has 1 amide bonds. The topological polar surface area (TPSA) is 38.3 Å². The lowest BCUT2D eigenvalue weighted by molar-refractivity contribution is -0.128. The van der Waals surface area contributed by atoms with Gasteiger partial charge >= 0.3 is 0 Å². The Kier molecular flexibility index (Phi) is 4.68. The van der Waals surface area contributed by atoms with Gasteiger partial charge in [-0.2, -0.15) is 0 Å². The van der Waals surface area contributed by atoms with Gasteiger partial charge in [0.05, 0.1) is 0 Å². The van der Waals surface area contributed by atoms with Crippen LogP contribution < -0.4 is 10.1 Å². The Balaban J connectivity index is 2.58. The molecule has 0 aliphatic carbocycles. The molecule has 0 fully saturated rings. The lowest BCUT2D eigenvalue weighted by atomic mass is 10.2. The zero-order valence-electron chi connectivity index (χ0n) is 9.19. The minimum Gasteiger partial charge on any atom is -0.481 e. The highest BCUT2D eigenvalue weighted by Crippen LogP contribution is 2.12. The van der Waals surface area contributed by atoms with E-state index in [9.17, 15) is 4.79 Å². The van der Waals surface area contributed by atoms with Crippen LogP contribution in [0.2, 0.25) is 0 Å². The van der Waals surface area contributed by atoms with Crippen LogP contribution >= 0.6 is 0 Å². The van der Waals surface area contributed by atoms with Crippen molar-refractivity contribution in [3.05, 3.63) is 30.3 Å². The standard InChI is InChI=1S/C12H17NO2/c1-3-11(12(14)13-4-2)15-10-8-6-5-7-9-10/h5-9,11H,3-4H2,1-2H3,(H,13,14)/t11-/m0/s1. The summed E-state index contributed by atoms with van der Waals surface area (Å²) in [5.74, 6) is 0.680. The molecule has 1 atom stereocenters. The second-order valence-electron chi connectivity index (χ2n) is 3.22. The Morgan fingerprint density at radius 2 is 2.00 bits per heavy atom. The summed E-state index contributed by atoms with van der Waals surface area (Å²) in [6.07, 6.45) is 0.271. The molecule has 1 aromatic carbocycles. The van der Waals surface area contributed by atoms with E-state index >= 15 is 0 Å². The predicted octanol–water partition coefficient (Wildman–Crippen LogP) is 1.98. The van der Waals surface area contributed by atoms with Gasteiger partial charge in [0.1, 0.15) is 5.75 Å². The summed E-state index contributed by atoms with van der Waals surface area (Å²) in [6.45, 7) is 4.46. The van der Waals surface area contributed by atoms with Crippen LogP contribution in [0.3, 0.4) is 0 Å². The lowest BCUT2D eigenvalue weighted by Gasteiger charge is -2.16. The van der Waals surface area contributed by atoms with Gasteiger partial charge in [-0.3, -0.25) is 4.79 Å². The fraction of sp³-hybridized carbons (Fsp3) is 0.417. The number of hydrogen-bond donors (Lipinski definition) is 1. The summed E-state index contributed by atoms with van der Waals surface area (Å²) in [7, 11) is 0. The third kappa shape index (κ3) is 3.62. The highest BCUT2D eigenvalue weighted by atomic mass is 16.5. The number of carbonyl (C=O) groups is 1. The van der Waals surface area contributed by atoms with Crippen LogP contribution in [0.25, 0.3) is 0 Å². The van der Waals surface area contributed by atoms with E-state index in [1.807, 2.05) is 44.2 Å². The van der Waals surface area contributed by atoms with E-state index in [2.05, 4.69) is 5.32 Å². The molecule has 0 bridgehead atoms. The van der Waals surface area contributed by atoms with Crippen molar-refractivity contribution >= 4 is 5.91 Å². The van der Waals surface area contributed by atoms with Crippen LogP contribution in [0.4, 0.5) is 0 Å². The van der Waals surface area contributed by atoms with E-state index in [4.69, 9.17) is 4.74 Å². The fourth-order valence-electron chi connectivity index (χ4n) is 1.27. The van der Waals surface area contributed by atoms with Crippen molar-refractivity contribution in [2.24, 2.45) is 0 Å². The third-order valence-electron chi connectivity index (χ3n) is 2.04. The van der Waals surface area contributed by atoms with Crippen molar-refractivity contribution in [1.82, 2.24) is 5.32 Å². The maximum Gasteiger partial charge on any atom is 0.261 e. The van der Waals surface area contributed by atoms with Crippen molar-refractivity contribution in [3.8, 4) is 5.75 Å². The first kappa shape index (κ1) is 11.6. The van der Waals surface area contributed by atoms with E-state index in [-0.39, 0.29) is 5.91 Å². The van der Waals surface area contributed by atoms with Gasteiger partial charge in [-0.1, -0.05) is 25.1 Å². The molecule has 3 nitrogen and oxygen atoms in total. The molecule has 0 saturated carbocycles. The number of hydrogen-bond acceptors (Lipinski definition) is 2. The molecule has 0 aliphatic heterocycles. The molecule has 82 valence electrons. The Morgan fingerprint density at radius 3 is 2.53 bits per heavy atom. The molecule has 0 unspecified atom stereocenters. The van der Waals surface area contributed by atoms with Crippen molar-refractivity contribution in [1.29, 1.82) is 0 Å². The van der Waals surface area contributed by atoms with Crippen LogP contribution in [-0.4, -0.2) is 18.6 Å². The monoisotopic (exact) mass is 207 g/mol. The average molecular weight is 207 g/mol. The van der Waals surface area contributed by atoms with Gasteiger partial charge in [0, 0.05) is 6.54 Å². The van der Waals surface area contributed by atoms with Crippen molar-refractivity contribution < 1.29 is 9.53 Å². The number of rotatable bonds is 5. The van der Waals surface area contributed by atoms with Gasteiger partial charge in [0.2, 0.25) is 0 Å². The van der Waals surface area contributed by atoms with Crippen LogP contribution in [0.1, 0.15) is 20.3 Å². The molecule has 0 radical (unpaired) electrons. The number of nitrogens with one attached hydrogen (secondary N) is 1. The van der Waals surface area contributed by atoms with Gasteiger partial charge in [-0.15, -0.1) is 0 Å². The van der Waals surface area contributed by atoms with Crippen LogP contribution in [-0.2, 0) is 4.79 Å². The maximum absolute atomic E-state index is 11.5. The third-order valence-corrected chi connectivity index (χ3v) is 2.04. The second kappa shape index (κ2) is 6.06. The quantitative estimate of drug-likeness (QED) is 0.801. The summed E-state index contributed by atoms with van der Waals surface area (Å²) in [5, 5.41) is 2.75. The molecule has 0 aliphatic rings. The van der Waals surface area contributed by atoms with E-state index in [0.29, 0.717) is 13.0 Å². The Labute approximate surface area is 90.4 Å². The van der Waals surface area contributed by atoms with E-state index in [1.54, 1.807) is 0 Å². The van der Waals surface area contributed by atoms with E-state index in [1.165, 1.54) is 0 Å². The summed E-state index contributed by atoms with van der Waals surface area (Å²) in [4.78, 5) is 11.5. The molecule has 0 saturated heterocycles. The van der Waals surface area contributed by atoms with Crippen LogP contribution in [0.5, 0.6) is 5.75 Å². The summed E-state index contributed by atoms with van der Waals surface area (Å²) in [5.41, 5.74) is 0. The zero-order valence-corrected chi connectivity index (χ0v) is 9.19. The number of carbonyl (C=O) groups excluding carboxylic acids is 1. The molecule has 1 aromatic rings. The molecular formula is C12H17NO2. The lowest BCUT2D eigenvalue weighted by Crippen LogP contribution is -2.37. The van der Waals surface area contributed by atoms with Gasteiger partial charge < -0.3 is 10.1 Å². The SMILES string of the molecule is CCNC(=O)[C@H](CC)Oc1ccccc1. The van der Waals surface area contributed by atoms with Gasteiger partial charge in [0.25, 0.3) is 5.91 Å². The average Bonchev–Trinajstić information content (AvgIpc) is 2.27. The minimum atomic E-state index is -0.396. The van der Waals surface area contributed by atoms with E-state index < -0.39 is 6.10 Å². The van der Waals surface area contributed by atoms with Crippen molar-refractivity contribution in [3.63, 3.8) is 0 Å². The van der Waals surface area contributed by atoms with Gasteiger partial charge in [-0.05, 0) is 25.5 Å². The van der Waals surface area contributed by atoms with Crippen LogP contribution in [0, 0.1) is 0 Å². The Hall–Kier alpha value is -1.51. The normalized spacial score (nSPS) is 11.9. The predicted molar refractivity (Wildman–Crippen MR) is 59.8 cm³/mol. The maximum atomic E-state index is 11.5. The zero-order chi connectivity index (χ0) is 11.1. The number of benzene rings is 1. The fourth-order valence-corrected chi connectivity index (χ4v) is 1.27. The molecule has 0 heterocycles. The molecule has 3 heteroatoms. The Bertz CT molecular complexity index is 298. The smallest absolute Gasteiger partial charge is 0.261 e. The highest BCUT2D eigenvalue weighted by Gasteiger charge is 2.16. The number of para-hydroxylation sites is 1. The van der Waals surface area contributed by atoms with Crippen molar-refractivity contribution in [2.75, 3.05) is 6.54 Å². The second-order valence-corrected chi connectivity index (χ2v) is 3.22. The molecular weight excluding hydrogens is 190 g/mol. The number of amides is 1. The van der Waals surface area contributed by atoms with Crippen molar-refractivity contribution in [2.45, 2.75) is 26.4 Å². The van der Waals surface area contributed by atoms with Crippen LogP contribution in [0.15, 0.2) is 30.3 Å². The first-order valence-corrected chi connectivity index (χ1v) is 5.27. The summed E-state index contributed by atoms with van der Waals surface area (Å²) >= 11 is 0. The largest absolute Gasteiger partial charge is 0.481 e. The molecule has 1 N–H and O–H groups in total. The summed E-state index contributed by atoms with van der Waals surface area (Å²) < 4.78 is 5.57. The number of likely N-dealkylation sites (N-methyl/N-ethyl adjacent to an activating group) is 1. The first-order chi connectivity index (χ1) is 7.27. The molecule has 0 aromatic heterocycles. The Morgan fingerprint density at radius 1 is 1.33 bits per heavy atom. The highest BCUT2D eigenvalue weighted by molar-refractivity contribution is 5.80. The number of ether oxygens (including phenoxy) is 1.